The van der Waals surface area contributed by atoms with Crippen LogP contribution in [0, 0.1) is 6.57 Å². The quantitative estimate of drug-likeness (QED) is 0.499. The van der Waals surface area contributed by atoms with E-state index in [-0.39, 0.29) is 16.5 Å². The zero-order valence-electron chi connectivity index (χ0n) is 17.5. The molecule has 0 saturated heterocycles. The van der Waals surface area contributed by atoms with Crippen molar-refractivity contribution in [3.63, 3.8) is 0 Å². The van der Waals surface area contributed by atoms with Gasteiger partial charge in [-0.25, -0.2) is 18.1 Å². The average Bonchev–Trinajstić information content (AvgIpc) is 2.83. The molecule has 0 bridgehead atoms. The van der Waals surface area contributed by atoms with Crippen molar-refractivity contribution in [2.24, 2.45) is 0 Å². The van der Waals surface area contributed by atoms with Crippen LogP contribution in [0.4, 0.5) is 27.5 Å². The summed E-state index contributed by atoms with van der Waals surface area (Å²) in [5.41, 5.74) is 3.78. The van der Waals surface area contributed by atoms with Crippen LogP contribution < -0.4 is 14.5 Å². The fourth-order valence-electron chi connectivity index (χ4n) is 4.26. The van der Waals surface area contributed by atoms with Crippen LogP contribution in [0.25, 0.3) is 4.85 Å². The molecule has 0 aromatic heterocycles. The van der Waals surface area contributed by atoms with Crippen molar-refractivity contribution in [3.8, 4) is 0 Å². The molecule has 2 aliphatic rings. The Morgan fingerprint density at radius 2 is 1.82 bits per heavy atom. The predicted molar refractivity (Wildman–Crippen MR) is 129 cm³/mol. The van der Waals surface area contributed by atoms with E-state index in [1.54, 1.807) is 18.2 Å². The minimum atomic E-state index is -3.87. The average molecular weight is 479 g/mol. The normalized spacial score (nSPS) is 15.3. The Bertz CT molecular complexity index is 1430. The second-order valence-electron chi connectivity index (χ2n) is 7.89. The number of hydrogen-bond donors (Lipinski definition) is 1. The molecule has 166 valence electrons. The van der Waals surface area contributed by atoms with E-state index in [0.29, 0.717) is 29.3 Å². The number of para-hydroxylation sites is 1. The molecule has 7 nitrogen and oxygen atoms in total. The topological polar surface area (TPSA) is 74.1 Å². The van der Waals surface area contributed by atoms with Gasteiger partial charge in [-0.15, -0.1) is 0 Å². The molecule has 2 aliphatic heterocycles. The third kappa shape index (κ3) is 3.69. The van der Waals surface area contributed by atoms with Gasteiger partial charge in [-0.3, -0.25) is 9.21 Å². The van der Waals surface area contributed by atoms with Gasteiger partial charge in [-0.05, 0) is 60.4 Å². The minimum absolute atomic E-state index is 0.0621. The molecule has 5 rings (SSSR count). The highest BCUT2D eigenvalue weighted by Gasteiger charge is 2.31. The first-order valence-corrected chi connectivity index (χ1v) is 12.2. The molecule has 2 amide bonds. The van der Waals surface area contributed by atoms with E-state index in [0.717, 1.165) is 24.0 Å². The maximum atomic E-state index is 13.6. The lowest BCUT2D eigenvalue weighted by Crippen LogP contribution is -2.39. The highest BCUT2D eigenvalue weighted by molar-refractivity contribution is 7.92. The lowest BCUT2D eigenvalue weighted by molar-refractivity contribution is 0.256. The summed E-state index contributed by atoms with van der Waals surface area (Å²) in [4.78, 5) is 17.7. The standard InChI is InChI=1S/C24H19ClN4O3S/c1-26-18-8-11-21-17(13-18)15-28(24(30)27-21)23-14-19(9-10-20(23)25)33(31,32)29-12-4-6-16-5-2-3-7-22(16)29/h2-3,5,7-11,13-14H,4,6,12,15H2,(H,27,30). The Labute approximate surface area is 197 Å². The Morgan fingerprint density at radius 1 is 1.00 bits per heavy atom. The van der Waals surface area contributed by atoms with Gasteiger partial charge in [0.1, 0.15) is 0 Å². The maximum absolute atomic E-state index is 13.6. The first kappa shape index (κ1) is 21.3. The van der Waals surface area contributed by atoms with Crippen LogP contribution in [0.15, 0.2) is 65.6 Å². The van der Waals surface area contributed by atoms with Crippen LogP contribution in [0.5, 0.6) is 0 Å². The third-order valence-electron chi connectivity index (χ3n) is 5.90. The van der Waals surface area contributed by atoms with Gasteiger partial charge in [0, 0.05) is 12.2 Å². The zero-order valence-corrected chi connectivity index (χ0v) is 19.0. The summed E-state index contributed by atoms with van der Waals surface area (Å²) in [7, 11) is -3.87. The lowest BCUT2D eigenvalue weighted by Gasteiger charge is -2.32. The zero-order chi connectivity index (χ0) is 23.2. The number of hydrogen-bond acceptors (Lipinski definition) is 3. The van der Waals surface area contributed by atoms with Crippen LogP contribution in [0.2, 0.25) is 5.02 Å². The first-order chi connectivity index (χ1) is 15.9. The highest BCUT2D eigenvalue weighted by atomic mass is 35.5. The number of carbonyl (C=O) groups is 1. The molecule has 0 atom stereocenters. The molecule has 0 unspecified atom stereocenters. The number of benzene rings is 3. The first-order valence-electron chi connectivity index (χ1n) is 10.4. The van der Waals surface area contributed by atoms with Crippen LogP contribution >= 0.6 is 11.6 Å². The van der Waals surface area contributed by atoms with E-state index in [1.807, 2.05) is 24.3 Å². The van der Waals surface area contributed by atoms with Crippen LogP contribution in [0.3, 0.4) is 0 Å². The summed E-state index contributed by atoms with van der Waals surface area (Å²) in [6, 6.07) is 16.5. The SMILES string of the molecule is [C-]#[N+]c1ccc2c(c1)CN(c1cc(S(=O)(=O)N3CCCc4ccccc43)ccc1Cl)C(=O)N2. The number of aryl methyl sites for hydroxylation is 1. The molecule has 9 heteroatoms. The molecule has 0 aliphatic carbocycles. The number of halogens is 1. The van der Waals surface area contributed by atoms with Crippen molar-refractivity contribution >= 4 is 50.4 Å². The molecule has 3 aromatic rings. The van der Waals surface area contributed by atoms with E-state index in [4.69, 9.17) is 18.2 Å². The van der Waals surface area contributed by atoms with E-state index < -0.39 is 16.1 Å². The molecule has 0 saturated carbocycles. The van der Waals surface area contributed by atoms with Crippen molar-refractivity contribution in [2.45, 2.75) is 24.3 Å². The lowest BCUT2D eigenvalue weighted by atomic mass is 10.0. The van der Waals surface area contributed by atoms with Crippen molar-refractivity contribution in [1.29, 1.82) is 0 Å². The van der Waals surface area contributed by atoms with E-state index in [1.165, 1.54) is 27.4 Å². The van der Waals surface area contributed by atoms with E-state index in [2.05, 4.69) is 10.2 Å². The van der Waals surface area contributed by atoms with Crippen LogP contribution in [-0.4, -0.2) is 21.0 Å². The smallest absolute Gasteiger partial charge is 0.307 e. The Balaban J connectivity index is 1.54. The second-order valence-corrected chi connectivity index (χ2v) is 10.2. The Morgan fingerprint density at radius 3 is 2.64 bits per heavy atom. The van der Waals surface area contributed by atoms with Gasteiger partial charge >= 0.3 is 6.03 Å². The molecule has 33 heavy (non-hydrogen) atoms. The van der Waals surface area contributed by atoms with Crippen molar-refractivity contribution < 1.29 is 13.2 Å². The number of anilines is 3. The largest absolute Gasteiger partial charge is 0.326 e. The summed E-state index contributed by atoms with van der Waals surface area (Å²) in [6.45, 7) is 7.78. The van der Waals surface area contributed by atoms with Crippen LogP contribution in [0.1, 0.15) is 17.5 Å². The number of carbonyl (C=O) groups excluding carboxylic acids is 1. The summed E-state index contributed by atoms with van der Waals surface area (Å²) in [5, 5.41) is 3.04. The summed E-state index contributed by atoms with van der Waals surface area (Å²) in [5.74, 6) is 0. The number of nitrogens with zero attached hydrogens (tertiary/aromatic N) is 3. The van der Waals surface area contributed by atoms with E-state index >= 15 is 0 Å². The number of rotatable bonds is 3. The summed E-state index contributed by atoms with van der Waals surface area (Å²) >= 11 is 6.42. The fourth-order valence-corrected chi connectivity index (χ4v) is 6.04. The predicted octanol–water partition coefficient (Wildman–Crippen LogP) is 5.58. The van der Waals surface area contributed by atoms with Crippen molar-refractivity contribution in [2.75, 3.05) is 21.1 Å². The third-order valence-corrected chi connectivity index (χ3v) is 8.03. The molecule has 3 aromatic carbocycles. The minimum Gasteiger partial charge on any atom is -0.307 e. The van der Waals surface area contributed by atoms with Crippen LogP contribution in [-0.2, 0) is 23.0 Å². The number of urea groups is 1. The molecular formula is C24H19ClN4O3S. The highest BCUT2D eigenvalue weighted by Crippen LogP contribution is 2.37. The van der Waals surface area contributed by atoms with Crippen molar-refractivity contribution in [3.05, 3.63) is 88.2 Å². The fraction of sp³-hybridized carbons (Fsp3) is 0.167. The monoisotopic (exact) mass is 478 g/mol. The Hall–Kier alpha value is -3.54. The Kier molecular flexibility index (Phi) is 5.23. The van der Waals surface area contributed by atoms with Gasteiger partial charge in [-0.2, -0.15) is 0 Å². The molecule has 2 heterocycles. The van der Waals surface area contributed by atoms with E-state index in [9.17, 15) is 13.2 Å². The van der Waals surface area contributed by atoms with Gasteiger partial charge in [0.15, 0.2) is 5.69 Å². The molecular weight excluding hydrogens is 460 g/mol. The number of amides is 2. The molecule has 0 radical (unpaired) electrons. The summed E-state index contributed by atoms with van der Waals surface area (Å²) < 4.78 is 28.6. The molecule has 0 fully saturated rings. The van der Waals surface area contributed by atoms with Gasteiger partial charge in [0.05, 0.1) is 34.4 Å². The summed E-state index contributed by atoms with van der Waals surface area (Å²) in [6.07, 6.45) is 1.55. The maximum Gasteiger partial charge on any atom is 0.326 e. The number of nitrogens with one attached hydrogen (secondary N) is 1. The second kappa shape index (κ2) is 8.10. The molecule has 0 spiro atoms. The van der Waals surface area contributed by atoms with Gasteiger partial charge < -0.3 is 5.32 Å². The van der Waals surface area contributed by atoms with Gasteiger partial charge in [-0.1, -0.05) is 35.9 Å². The molecule has 1 N–H and O–H groups in total. The van der Waals surface area contributed by atoms with Crippen molar-refractivity contribution in [1.82, 2.24) is 0 Å². The number of sulfonamides is 1. The van der Waals surface area contributed by atoms with Gasteiger partial charge in [0.25, 0.3) is 10.0 Å². The number of fused-ring (bicyclic) bond motifs is 2. The van der Waals surface area contributed by atoms with Gasteiger partial charge in [0.2, 0.25) is 0 Å².